The minimum atomic E-state index is 0. The minimum absolute atomic E-state index is 0. The van der Waals surface area contributed by atoms with Gasteiger partial charge in [0.2, 0.25) is 0 Å². The molecule has 0 radical (unpaired) electrons. The van der Waals surface area contributed by atoms with Crippen LogP contribution in [0.15, 0.2) is 4.99 Å². The Hall–Kier alpha value is -0.0800. The fourth-order valence-electron chi connectivity index (χ4n) is 4.65. The number of guanidine groups is 1. The normalized spacial score (nSPS) is 26.2. The third-order valence-electron chi connectivity index (χ3n) is 6.34. The zero-order valence-corrected chi connectivity index (χ0v) is 18.5. The maximum absolute atomic E-state index is 5.59. The van der Waals surface area contributed by atoms with Crippen LogP contribution < -0.4 is 5.32 Å². The summed E-state index contributed by atoms with van der Waals surface area (Å²) < 4.78 is 5.59. The summed E-state index contributed by atoms with van der Waals surface area (Å²) in [5, 5.41) is 3.76. The van der Waals surface area contributed by atoms with E-state index in [9.17, 15) is 0 Å². The Morgan fingerprint density at radius 2 is 1.72 bits per heavy atom. The van der Waals surface area contributed by atoms with Crippen LogP contribution in [0.5, 0.6) is 0 Å². The highest BCUT2D eigenvalue weighted by molar-refractivity contribution is 14.0. The molecule has 6 heteroatoms. The van der Waals surface area contributed by atoms with Gasteiger partial charge in [0.15, 0.2) is 5.96 Å². The molecular weight excluding hydrogens is 427 g/mol. The molecule has 0 atom stereocenters. The van der Waals surface area contributed by atoms with Crippen LogP contribution in [0.25, 0.3) is 0 Å². The number of piperidine rings is 1. The maximum Gasteiger partial charge on any atom is 0.193 e. The molecule has 0 unspecified atom stereocenters. The zero-order chi connectivity index (χ0) is 16.8. The molecule has 1 saturated carbocycles. The molecule has 0 bridgehead atoms. The zero-order valence-electron chi connectivity index (χ0n) is 16.1. The summed E-state index contributed by atoms with van der Waals surface area (Å²) in [4.78, 5) is 9.74. The number of nitrogens with one attached hydrogen (secondary N) is 1. The average Bonchev–Trinajstić information content (AvgIpc) is 2.65. The summed E-state index contributed by atoms with van der Waals surface area (Å²) in [5.41, 5.74) is 0.307. The van der Waals surface area contributed by atoms with E-state index in [1.54, 1.807) is 0 Å². The fourth-order valence-corrected chi connectivity index (χ4v) is 4.65. The summed E-state index contributed by atoms with van der Waals surface area (Å²) in [7, 11) is 1.93. The molecule has 1 aliphatic carbocycles. The summed E-state index contributed by atoms with van der Waals surface area (Å²) in [5.74, 6) is 1.97. The highest BCUT2D eigenvalue weighted by Crippen LogP contribution is 2.34. The Kier molecular flexibility index (Phi) is 8.75. The van der Waals surface area contributed by atoms with Crippen molar-refractivity contribution in [3.05, 3.63) is 0 Å². The molecule has 0 aromatic heterocycles. The van der Waals surface area contributed by atoms with Gasteiger partial charge < -0.3 is 15.0 Å². The van der Waals surface area contributed by atoms with Crippen molar-refractivity contribution >= 4 is 29.9 Å². The molecule has 2 saturated heterocycles. The summed E-state index contributed by atoms with van der Waals surface area (Å²) in [6.07, 6.45) is 9.31. The van der Waals surface area contributed by atoms with Gasteiger partial charge in [0.25, 0.3) is 0 Å². The third kappa shape index (κ3) is 5.45. The lowest BCUT2D eigenvalue weighted by Crippen LogP contribution is -2.61. The Bertz CT molecular complexity index is 412. The number of rotatable bonds is 3. The first-order valence-corrected chi connectivity index (χ1v) is 10.0. The van der Waals surface area contributed by atoms with Gasteiger partial charge in [-0.15, -0.1) is 24.0 Å². The van der Waals surface area contributed by atoms with E-state index in [1.165, 1.54) is 44.9 Å². The number of hydrogen-bond acceptors (Lipinski definition) is 3. The van der Waals surface area contributed by atoms with E-state index < -0.39 is 0 Å². The molecule has 0 aromatic rings. The smallest absolute Gasteiger partial charge is 0.193 e. The van der Waals surface area contributed by atoms with Crippen LogP contribution in [0.4, 0.5) is 0 Å². The number of morpholine rings is 1. The second-order valence-corrected chi connectivity index (χ2v) is 7.95. The van der Waals surface area contributed by atoms with E-state index in [4.69, 9.17) is 4.74 Å². The molecule has 1 N–H and O–H groups in total. The Labute approximate surface area is 171 Å². The number of ether oxygens (including phenoxy) is 1. The highest BCUT2D eigenvalue weighted by atomic mass is 127. The Morgan fingerprint density at radius 1 is 1.08 bits per heavy atom. The molecule has 2 aliphatic heterocycles. The van der Waals surface area contributed by atoms with Crippen LogP contribution in [0.1, 0.15) is 51.9 Å². The lowest BCUT2D eigenvalue weighted by Gasteiger charge is -2.48. The van der Waals surface area contributed by atoms with Gasteiger partial charge in [-0.2, -0.15) is 0 Å². The minimum Gasteiger partial charge on any atom is -0.379 e. The largest absolute Gasteiger partial charge is 0.379 e. The van der Waals surface area contributed by atoms with Gasteiger partial charge in [0.1, 0.15) is 0 Å². The van der Waals surface area contributed by atoms with Crippen molar-refractivity contribution < 1.29 is 4.74 Å². The van der Waals surface area contributed by atoms with Crippen molar-refractivity contribution in [1.82, 2.24) is 15.1 Å². The molecule has 5 nitrogen and oxygen atoms in total. The topological polar surface area (TPSA) is 40.1 Å². The first kappa shape index (κ1) is 21.2. The number of nitrogens with zero attached hydrogens (tertiary/aromatic N) is 3. The van der Waals surface area contributed by atoms with Crippen LogP contribution in [0.3, 0.4) is 0 Å². The molecular formula is C19H37IN4O. The molecule has 2 heterocycles. The van der Waals surface area contributed by atoms with Crippen LogP contribution in [-0.2, 0) is 4.74 Å². The van der Waals surface area contributed by atoms with E-state index in [-0.39, 0.29) is 24.0 Å². The van der Waals surface area contributed by atoms with Gasteiger partial charge in [-0.1, -0.05) is 26.2 Å². The standard InChI is InChI=1S/C19H36N4O.HI/c1-17-6-10-22(11-7-17)18(20-2)21-16-19(8-4-3-5-9-19)23-12-14-24-15-13-23;/h17H,3-16H2,1-2H3,(H,20,21);1H. The van der Waals surface area contributed by atoms with Crippen LogP contribution >= 0.6 is 24.0 Å². The van der Waals surface area contributed by atoms with Gasteiger partial charge in [0, 0.05) is 45.3 Å². The van der Waals surface area contributed by atoms with Crippen molar-refractivity contribution in [2.24, 2.45) is 10.9 Å². The predicted octanol–water partition coefficient (Wildman–Crippen LogP) is 2.95. The lowest BCUT2D eigenvalue weighted by atomic mass is 9.79. The van der Waals surface area contributed by atoms with Gasteiger partial charge in [-0.25, -0.2) is 0 Å². The van der Waals surface area contributed by atoms with Gasteiger partial charge in [0.05, 0.1) is 13.2 Å². The SMILES string of the molecule is CN=C(NCC1(N2CCOCC2)CCCCC1)N1CCC(C)CC1.I. The molecule has 25 heavy (non-hydrogen) atoms. The van der Waals surface area contributed by atoms with Crippen molar-refractivity contribution in [2.75, 3.05) is 53.0 Å². The summed E-state index contributed by atoms with van der Waals surface area (Å²) in [6, 6.07) is 0. The molecule has 0 aromatic carbocycles. The molecule has 0 spiro atoms. The van der Waals surface area contributed by atoms with Crippen molar-refractivity contribution in [2.45, 2.75) is 57.4 Å². The number of aliphatic imine (C=N–C) groups is 1. The van der Waals surface area contributed by atoms with Gasteiger partial charge in [-0.3, -0.25) is 9.89 Å². The molecule has 146 valence electrons. The predicted molar refractivity (Wildman–Crippen MR) is 115 cm³/mol. The number of halogens is 1. The van der Waals surface area contributed by atoms with Crippen LogP contribution in [-0.4, -0.2) is 74.3 Å². The van der Waals surface area contributed by atoms with Gasteiger partial charge in [-0.05, 0) is 31.6 Å². The molecule has 3 fully saturated rings. The fraction of sp³-hybridized carbons (Fsp3) is 0.947. The Morgan fingerprint density at radius 3 is 2.32 bits per heavy atom. The first-order chi connectivity index (χ1) is 11.7. The monoisotopic (exact) mass is 464 g/mol. The summed E-state index contributed by atoms with van der Waals surface area (Å²) in [6.45, 7) is 9.63. The maximum atomic E-state index is 5.59. The molecule has 3 rings (SSSR count). The second kappa shape index (κ2) is 10.3. The average molecular weight is 464 g/mol. The molecule has 3 aliphatic rings. The Balaban J connectivity index is 0.00000225. The number of hydrogen-bond donors (Lipinski definition) is 1. The van der Waals surface area contributed by atoms with Gasteiger partial charge >= 0.3 is 0 Å². The molecule has 0 amide bonds. The van der Waals surface area contributed by atoms with Crippen molar-refractivity contribution in [3.63, 3.8) is 0 Å². The van der Waals surface area contributed by atoms with E-state index >= 15 is 0 Å². The van der Waals surface area contributed by atoms with E-state index in [0.29, 0.717) is 5.54 Å². The lowest BCUT2D eigenvalue weighted by molar-refractivity contribution is -0.0354. The van der Waals surface area contributed by atoms with E-state index in [1.807, 2.05) is 7.05 Å². The third-order valence-corrected chi connectivity index (χ3v) is 6.34. The van der Waals surface area contributed by atoms with E-state index in [2.05, 4.69) is 27.0 Å². The van der Waals surface area contributed by atoms with E-state index in [0.717, 1.165) is 57.8 Å². The van der Waals surface area contributed by atoms with Crippen molar-refractivity contribution in [1.29, 1.82) is 0 Å². The van der Waals surface area contributed by atoms with Crippen molar-refractivity contribution in [3.8, 4) is 0 Å². The second-order valence-electron chi connectivity index (χ2n) is 7.95. The van der Waals surface area contributed by atoms with Crippen LogP contribution in [0.2, 0.25) is 0 Å². The quantitative estimate of drug-likeness (QED) is 0.396. The van der Waals surface area contributed by atoms with Crippen LogP contribution in [0, 0.1) is 5.92 Å². The first-order valence-electron chi connectivity index (χ1n) is 10.0. The highest BCUT2D eigenvalue weighted by Gasteiger charge is 2.39. The number of likely N-dealkylation sites (tertiary alicyclic amines) is 1. The summed E-state index contributed by atoms with van der Waals surface area (Å²) >= 11 is 0.